The Labute approximate surface area is 88.7 Å². The average Bonchev–Trinajstić information content (AvgIpc) is 2.15. The van der Waals surface area contributed by atoms with Crippen LogP contribution in [0.15, 0.2) is 12.1 Å². The molecule has 0 aromatic heterocycles. The first-order valence-electron chi connectivity index (χ1n) is 5.39. The van der Waals surface area contributed by atoms with Crippen molar-refractivity contribution in [1.29, 1.82) is 0 Å². The lowest BCUT2D eigenvalue weighted by atomic mass is 9.81. The van der Waals surface area contributed by atoms with Gasteiger partial charge < -0.3 is 17.7 Å². The number of rotatable bonds is 4. The lowest BCUT2D eigenvalue weighted by molar-refractivity contribution is 0.0339. The third kappa shape index (κ3) is 4.28. The fourth-order valence-electron chi connectivity index (χ4n) is 1.72. The first-order valence-corrected chi connectivity index (χ1v) is 5.39. The summed E-state index contributed by atoms with van der Waals surface area (Å²) in [6.45, 7) is -0.125. The summed E-state index contributed by atoms with van der Waals surface area (Å²) in [4.78, 5) is 0. The molecule has 1 fully saturated rings. The molecule has 1 nitrogen and oxygen atoms in total. The zero-order chi connectivity index (χ0) is 11.5. The van der Waals surface area contributed by atoms with Crippen LogP contribution in [0.25, 0.3) is 0 Å². The first kappa shape index (κ1) is 12.6. The summed E-state index contributed by atoms with van der Waals surface area (Å²) in [5.41, 5.74) is -0.728. The standard InChI is InChI=1S/C10H17BF3O/c1-8-3-5-10(6-4-8)15-7-9(2)11(12,13)14/h8,10H,2-7H2,1H3/q-1. The fraction of sp³-hybridized carbons (Fsp3) is 0.800. The van der Waals surface area contributed by atoms with Crippen molar-refractivity contribution in [3.8, 4) is 0 Å². The third-order valence-electron chi connectivity index (χ3n) is 2.93. The molecular weight excluding hydrogens is 204 g/mol. The van der Waals surface area contributed by atoms with Gasteiger partial charge in [-0.2, -0.15) is 0 Å². The maximum absolute atomic E-state index is 12.1. The van der Waals surface area contributed by atoms with Crippen LogP contribution in [0.3, 0.4) is 0 Å². The van der Waals surface area contributed by atoms with Crippen LogP contribution in [0.5, 0.6) is 0 Å². The maximum Gasteiger partial charge on any atom is 0.507 e. The summed E-state index contributed by atoms with van der Waals surface area (Å²) in [6.07, 6.45) is 3.84. The van der Waals surface area contributed by atoms with Crippen molar-refractivity contribution < 1.29 is 17.7 Å². The number of ether oxygens (including phenoxy) is 1. The monoisotopic (exact) mass is 221 g/mol. The second-order valence-corrected chi connectivity index (χ2v) is 4.43. The highest BCUT2D eigenvalue weighted by atomic mass is 19.4. The molecule has 0 N–H and O–H groups in total. The van der Waals surface area contributed by atoms with E-state index in [2.05, 4.69) is 13.5 Å². The molecule has 5 heteroatoms. The largest absolute Gasteiger partial charge is 0.507 e. The molecule has 0 aliphatic heterocycles. The summed E-state index contributed by atoms with van der Waals surface area (Å²) < 4.78 is 41.7. The Bertz CT molecular complexity index is 219. The van der Waals surface area contributed by atoms with E-state index in [0.29, 0.717) is 5.92 Å². The van der Waals surface area contributed by atoms with Gasteiger partial charge >= 0.3 is 6.98 Å². The van der Waals surface area contributed by atoms with Gasteiger partial charge in [-0.25, -0.2) is 0 Å². The molecule has 0 atom stereocenters. The van der Waals surface area contributed by atoms with Gasteiger partial charge in [0.25, 0.3) is 0 Å². The van der Waals surface area contributed by atoms with Crippen molar-refractivity contribution in [3.63, 3.8) is 0 Å². The Morgan fingerprint density at radius 2 is 1.80 bits per heavy atom. The van der Waals surface area contributed by atoms with Crippen LogP contribution < -0.4 is 0 Å². The molecule has 0 radical (unpaired) electrons. The van der Waals surface area contributed by atoms with E-state index in [9.17, 15) is 12.9 Å². The van der Waals surface area contributed by atoms with Gasteiger partial charge in [0, 0.05) is 6.61 Å². The minimum Gasteiger partial charge on any atom is -0.445 e. The summed E-state index contributed by atoms with van der Waals surface area (Å²) in [6, 6.07) is 0. The number of halogens is 3. The predicted octanol–water partition coefficient (Wildman–Crippen LogP) is 3.52. The summed E-state index contributed by atoms with van der Waals surface area (Å²) in [7, 11) is 0. The quantitative estimate of drug-likeness (QED) is 0.660. The zero-order valence-corrected chi connectivity index (χ0v) is 9.02. The van der Waals surface area contributed by atoms with Gasteiger partial charge in [0.2, 0.25) is 0 Å². The average molecular weight is 221 g/mol. The molecule has 88 valence electrons. The van der Waals surface area contributed by atoms with E-state index in [-0.39, 0.29) is 12.7 Å². The van der Waals surface area contributed by atoms with Crippen molar-refractivity contribution in [2.45, 2.75) is 38.7 Å². The molecule has 1 aliphatic carbocycles. The Balaban J connectivity index is 2.23. The van der Waals surface area contributed by atoms with E-state index in [1.807, 2.05) is 0 Å². The van der Waals surface area contributed by atoms with E-state index in [1.165, 1.54) is 0 Å². The second kappa shape index (κ2) is 5.06. The molecule has 15 heavy (non-hydrogen) atoms. The molecule has 0 heterocycles. The van der Waals surface area contributed by atoms with Crippen LogP contribution >= 0.6 is 0 Å². The first-order chi connectivity index (χ1) is 6.89. The van der Waals surface area contributed by atoms with Crippen molar-refractivity contribution in [3.05, 3.63) is 12.1 Å². The van der Waals surface area contributed by atoms with Gasteiger partial charge in [0.05, 0.1) is 6.10 Å². The summed E-state index contributed by atoms with van der Waals surface area (Å²) in [5, 5.41) is 0. The van der Waals surface area contributed by atoms with E-state index in [4.69, 9.17) is 4.74 Å². The minimum absolute atomic E-state index is 0.00361. The smallest absolute Gasteiger partial charge is 0.445 e. The lowest BCUT2D eigenvalue weighted by Crippen LogP contribution is -2.27. The third-order valence-corrected chi connectivity index (χ3v) is 2.93. The van der Waals surface area contributed by atoms with Crippen LogP contribution in [0, 0.1) is 5.92 Å². The van der Waals surface area contributed by atoms with Crippen LogP contribution in [0.2, 0.25) is 0 Å². The van der Waals surface area contributed by atoms with Gasteiger partial charge in [-0.1, -0.05) is 6.92 Å². The highest BCUT2D eigenvalue weighted by Gasteiger charge is 2.27. The Morgan fingerprint density at radius 1 is 1.27 bits per heavy atom. The highest BCUT2D eigenvalue weighted by molar-refractivity contribution is 6.66. The van der Waals surface area contributed by atoms with Gasteiger partial charge in [0.15, 0.2) is 0 Å². The van der Waals surface area contributed by atoms with Crippen LogP contribution in [0.1, 0.15) is 32.6 Å². The predicted molar refractivity (Wildman–Crippen MR) is 55.6 cm³/mol. The van der Waals surface area contributed by atoms with E-state index in [1.54, 1.807) is 0 Å². The van der Waals surface area contributed by atoms with Gasteiger partial charge in [-0.15, -0.1) is 12.1 Å². The molecule has 0 aromatic rings. The van der Waals surface area contributed by atoms with Gasteiger partial charge in [-0.05, 0) is 31.6 Å². The van der Waals surface area contributed by atoms with Gasteiger partial charge in [0.1, 0.15) is 0 Å². The molecule has 1 saturated carbocycles. The molecule has 1 aliphatic rings. The summed E-state index contributed by atoms with van der Waals surface area (Å²) >= 11 is 0. The normalized spacial score (nSPS) is 27.7. The topological polar surface area (TPSA) is 9.23 Å². The van der Waals surface area contributed by atoms with Crippen LogP contribution in [-0.4, -0.2) is 19.7 Å². The molecular formula is C10H17BF3O-. The SMILES string of the molecule is C=C(COC1CCC(C)CC1)[B-](F)(F)F. The molecule has 0 spiro atoms. The fourth-order valence-corrected chi connectivity index (χ4v) is 1.72. The van der Waals surface area contributed by atoms with E-state index in [0.717, 1.165) is 25.7 Å². The van der Waals surface area contributed by atoms with Gasteiger partial charge in [-0.3, -0.25) is 0 Å². The summed E-state index contributed by atoms with van der Waals surface area (Å²) in [5.74, 6) is 0.680. The molecule has 0 aromatic carbocycles. The second-order valence-electron chi connectivity index (χ2n) is 4.43. The Hall–Kier alpha value is -0.445. The minimum atomic E-state index is -4.93. The number of hydrogen-bond donors (Lipinski definition) is 0. The van der Waals surface area contributed by atoms with Crippen LogP contribution in [-0.2, 0) is 4.74 Å². The molecule has 0 amide bonds. The molecule has 0 saturated heterocycles. The highest BCUT2D eigenvalue weighted by Crippen LogP contribution is 2.27. The molecule has 0 bridgehead atoms. The van der Waals surface area contributed by atoms with Crippen LogP contribution in [0.4, 0.5) is 12.9 Å². The Morgan fingerprint density at radius 3 is 2.27 bits per heavy atom. The Kier molecular flexibility index (Phi) is 4.26. The maximum atomic E-state index is 12.1. The van der Waals surface area contributed by atoms with Crippen molar-refractivity contribution in [2.24, 2.45) is 5.92 Å². The molecule has 0 unspecified atom stereocenters. The number of hydrogen-bond acceptors (Lipinski definition) is 1. The van der Waals surface area contributed by atoms with Crippen molar-refractivity contribution >= 4 is 6.98 Å². The van der Waals surface area contributed by atoms with E-state index >= 15 is 0 Å². The zero-order valence-electron chi connectivity index (χ0n) is 9.02. The van der Waals surface area contributed by atoms with Crippen molar-refractivity contribution in [2.75, 3.05) is 6.61 Å². The van der Waals surface area contributed by atoms with Crippen molar-refractivity contribution in [1.82, 2.24) is 0 Å². The molecule has 1 rings (SSSR count). The van der Waals surface area contributed by atoms with E-state index < -0.39 is 12.4 Å². The lowest BCUT2D eigenvalue weighted by Gasteiger charge is -2.28.